The molecule has 0 heterocycles. The third-order valence-electron chi connectivity index (χ3n) is 3.69. The zero-order valence-corrected chi connectivity index (χ0v) is 14.9. The van der Waals surface area contributed by atoms with Crippen molar-refractivity contribution < 1.29 is 13.5 Å². The molecule has 132 valence electrons. The molecule has 2 aromatic rings. The summed E-state index contributed by atoms with van der Waals surface area (Å²) in [5.41, 5.74) is 2.41. The lowest BCUT2D eigenvalue weighted by Gasteiger charge is -1.99. The molecule has 1 nitrogen and oxygen atoms in total. The van der Waals surface area contributed by atoms with Gasteiger partial charge >= 0.3 is 0 Å². The number of rotatable bonds is 4. The molecule has 0 saturated carbocycles. The van der Waals surface area contributed by atoms with Crippen LogP contribution in [0.4, 0.5) is 8.78 Å². The number of methoxy groups -OCH3 is 1. The van der Waals surface area contributed by atoms with Gasteiger partial charge in [-0.1, -0.05) is 37.3 Å². The lowest BCUT2D eigenvalue weighted by atomic mass is 10.1. The zero-order chi connectivity index (χ0) is 18.8. The molecule has 0 atom stereocenters. The summed E-state index contributed by atoms with van der Waals surface area (Å²) in [5.74, 6) is 7.83. The maximum Gasteiger partial charge on any atom is 0.217 e. The number of allylic oxidation sites excluding steroid dienone is 2. The summed E-state index contributed by atoms with van der Waals surface area (Å²) in [6, 6.07) is 14.3. The van der Waals surface area contributed by atoms with Crippen molar-refractivity contribution in [1.29, 1.82) is 0 Å². The van der Waals surface area contributed by atoms with Crippen molar-refractivity contribution in [2.45, 2.75) is 26.2 Å². The van der Waals surface area contributed by atoms with Crippen LogP contribution in [0.25, 0.3) is 0 Å². The Kier molecular flexibility index (Phi) is 7.47. The minimum absolute atomic E-state index is 0.560. The van der Waals surface area contributed by atoms with Gasteiger partial charge in [-0.05, 0) is 66.6 Å². The van der Waals surface area contributed by atoms with Gasteiger partial charge in [-0.25, -0.2) is 0 Å². The highest BCUT2D eigenvalue weighted by Crippen LogP contribution is 2.12. The Bertz CT molecular complexity index is 870. The normalized spacial score (nSPS) is 10.8. The molecule has 0 spiro atoms. The van der Waals surface area contributed by atoms with Crippen LogP contribution in [-0.4, -0.2) is 7.11 Å². The second kappa shape index (κ2) is 10.1. The van der Waals surface area contributed by atoms with Gasteiger partial charge in [0, 0.05) is 11.1 Å². The van der Waals surface area contributed by atoms with Gasteiger partial charge in [0.15, 0.2) is 0 Å². The van der Waals surface area contributed by atoms with Crippen molar-refractivity contribution in [2.75, 3.05) is 7.11 Å². The van der Waals surface area contributed by atoms with Crippen molar-refractivity contribution in [3.8, 4) is 29.4 Å². The molecule has 3 heteroatoms. The first-order valence-electron chi connectivity index (χ1n) is 8.44. The van der Waals surface area contributed by atoms with Crippen LogP contribution in [0, 0.1) is 23.7 Å². The highest BCUT2D eigenvalue weighted by Gasteiger charge is 1.99. The van der Waals surface area contributed by atoms with E-state index < -0.39 is 11.7 Å². The highest BCUT2D eigenvalue weighted by molar-refractivity contribution is 5.46. The van der Waals surface area contributed by atoms with Gasteiger partial charge in [-0.15, -0.1) is 0 Å². The van der Waals surface area contributed by atoms with Gasteiger partial charge in [-0.2, -0.15) is 8.78 Å². The molecular weight excluding hydrogens is 330 g/mol. The van der Waals surface area contributed by atoms with Crippen molar-refractivity contribution in [1.82, 2.24) is 0 Å². The average Bonchev–Trinajstić information content (AvgIpc) is 2.69. The Morgan fingerprint density at radius 3 is 1.81 bits per heavy atom. The summed E-state index contributed by atoms with van der Waals surface area (Å²) in [5, 5.41) is 0. The van der Waals surface area contributed by atoms with Crippen LogP contribution in [0.15, 0.2) is 60.2 Å². The molecule has 0 saturated heterocycles. The predicted molar refractivity (Wildman–Crippen MR) is 101 cm³/mol. The van der Waals surface area contributed by atoms with Gasteiger partial charge in [0.2, 0.25) is 11.7 Å². The van der Waals surface area contributed by atoms with E-state index in [1.165, 1.54) is 5.56 Å². The van der Waals surface area contributed by atoms with Crippen LogP contribution in [0.1, 0.15) is 36.5 Å². The van der Waals surface area contributed by atoms with Gasteiger partial charge in [-0.3, -0.25) is 0 Å². The largest absolute Gasteiger partial charge is 0.497 e. The van der Waals surface area contributed by atoms with Gasteiger partial charge in [0.05, 0.1) is 7.11 Å². The van der Waals surface area contributed by atoms with E-state index in [4.69, 9.17) is 4.74 Å². The Morgan fingerprint density at radius 2 is 1.35 bits per heavy atom. The van der Waals surface area contributed by atoms with E-state index >= 15 is 0 Å². The number of benzene rings is 2. The van der Waals surface area contributed by atoms with Crippen molar-refractivity contribution in [3.05, 3.63) is 76.9 Å². The monoisotopic (exact) mass is 350 g/mol. The summed E-state index contributed by atoms with van der Waals surface area (Å²) in [7, 11) is 1.55. The van der Waals surface area contributed by atoms with E-state index in [0.29, 0.717) is 16.9 Å². The standard InChI is InChI=1S/C23H20F2O/c1-3-4-5-18-6-8-19(9-7-18)12-16-22(24)23(25)17-13-20-10-14-21(26-2)15-11-20/h6-11,14-15H,3-5H2,1-2H3/b23-22+. The smallest absolute Gasteiger partial charge is 0.217 e. The van der Waals surface area contributed by atoms with Crippen LogP contribution in [-0.2, 0) is 6.42 Å². The first-order valence-corrected chi connectivity index (χ1v) is 8.44. The lowest BCUT2D eigenvalue weighted by Crippen LogP contribution is -1.84. The zero-order valence-electron chi connectivity index (χ0n) is 14.9. The molecule has 0 aliphatic heterocycles. The first kappa shape index (κ1) is 19.3. The molecule has 0 amide bonds. The van der Waals surface area contributed by atoms with E-state index in [2.05, 4.69) is 30.6 Å². The van der Waals surface area contributed by atoms with E-state index in [1.807, 2.05) is 24.3 Å². The molecule has 26 heavy (non-hydrogen) atoms. The Labute approximate surface area is 153 Å². The van der Waals surface area contributed by atoms with Crippen molar-refractivity contribution in [3.63, 3.8) is 0 Å². The quantitative estimate of drug-likeness (QED) is 0.653. The maximum absolute atomic E-state index is 13.8. The predicted octanol–water partition coefficient (Wildman–Crippen LogP) is 5.59. The van der Waals surface area contributed by atoms with E-state index in [9.17, 15) is 8.78 Å². The Balaban J connectivity index is 2.06. The fourth-order valence-electron chi connectivity index (χ4n) is 2.17. The maximum atomic E-state index is 13.8. The summed E-state index contributed by atoms with van der Waals surface area (Å²) in [6.45, 7) is 2.14. The number of unbranched alkanes of at least 4 members (excludes halogenated alkanes) is 1. The van der Waals surface area contributed by atoms with Gasteiger partial charge in [0.25, 0.3) is 0 Å². The van der Waals surface area contributed by atoms with Gasteiger partial charge in [0.1, 0.15) is 5.75 Å². The molecule has 0 aliphatic carbocycles. The molecule has 2 rings (SSSR count). The van der Waals surface area contributed by atoms with Crippen LogP contribution < -0.4 is 4.74 Å². The second-order valence-corrected chi connectivity index (χ2v) is 5.66. The number of ether oxygens (including phenoxy) is 1. The van der Waals surface area contributed by atoms with Crippen LogP contribution in [0.2, 0.25) is 0 Å². The molecule has 0 aromatic heterocycles. The Morgan fingerprint density at radius 1 is 0.846 bits per heavy atom. The van der Waals surface area contributed by atoms with E-state index in [0.717, 1.165) is 19.3 Å². The molecule has 0 unspecified atom stereocenters. The summed E-state index contributed by atoms with van der Waals surface area (Å²) < 4.78 is 32.5. The third-order valence-corrected chi connectivity index (χ3v) is 3.69. The van der Waals surface area contributed by atoms with Crippen molar-refractivity contribution in [2.24, 2.45) is 0 Å². The SMILES string of the molecule is CCCCc1ccc(C#C/C(F)=C(\F)C#Cc2ccc(OC)cc2)cc1. The molecule has 2 aromatic carbocycles. The average molecular weight is 350 g/mol. The molecule has 0 bridgehead atoms. The topological polar surface area (TPSA) is 9.23 Å². The fraction of sp³-hybridized carbons (Fsp3) is 0.217. The minimum atomic E-state index is -1.17. The summed E-state index contributed by atoms with van der Waals surface area (Å²) >= 11 is 0. The fourth-order valence-corrected chi connectivity index (χ4v) is 2.17. The summed E-state index contributed by atoms with van der Waals surface area (Å²) in [4.78, 5) is 0. The third kappa shape index (κ3) is 6.11. The van der Waals surface area contributed by atoms with E-state index in [-0.39, 0.29) is 0 Å². The van der Waals surface area contributed by atoms with Crippen LogP contribution in [0.3, 0.4) is 0 Å². The molecule has 0 N–H and O–H groups in total. The van der Waals surface area contributed by atoms with Gasteiger partial charge < -0.3 is 4.74 Å². The Hall–Kier alpha value is -3.04. The first-order chi connectivity index (χ1) is 12.6. The summed E-state index contributed by atoms with van der Waals surface area (Å²) in [6.07, 6.45) is 3.27. The van der Waals surface area contributed by atoms with Crippen LogP contribution >= 0.6 is 0 Å². The molecule has 0 fully saturated rings. The molecule has 0 aliphatic rings. The number of hydrogen-bond donors (Lipinski definition) is 0. The van der Waals surface area contributed by atoms with Crippen molar-refractivity contribution >= 4 is 0 Å². The highest BCUT2D eigenvalue weighted by atomic mass is 19.2. The second-order valence-electron chi connectivity index (χ2n) is 5.66. The lowest BCUT2D eigenvalue weighted by molar-refractivity contribution is 0.415. The molecule has 0 radical (unpaired) electrons. The van der Waals surface area contributed by atoms with Crippen LogP contribution in [0.5, 0.6) is 5.75 Å². The number of halogens is 2. The van der Waals surface area contributed by atoms with E-state index in [1.54, 1.807) is 31.4 Å². The number of aryl methyl sites for hydroxylation is 1. The minimum Gasteiger partial charge on any atom is -0.497 e. The molecular formula is C23H20F2O. The number of hydrogen-bond acceptors (Lipinski definition) is 1.